The van der Waals surface area contributed by atoms with E-state index in [0.29, 0.717) is 5.92 Å². The lowest BCUT2D eigenvalue weighted by molar-refractivity contribution is -0.0356. The molecule has 1 aromatic rings. The van der Waals surface area contributed by atoms with E-state index in [-0.39, 0.29) is 24.3 Å². The third kappa shape index (κ3) is 2.75. The number of urea groups is 1. The first-order valence-corrected chi connectivity index (χ1v) is 9.01. The first-order chi connectivity index (χ1) is 11.5. The van der Waals surface area contributed by atoms with Gasteiger partial charge in [0.05, 0.1) is 18.2 Å². The average molecular weight is 330 g/mol. The maximum Gasteiger partial charge on any atom is 0.315 e. The number of rotatable bonds is 4. The zero-order valence-corrected chi connectivity index (χ0v) is 14.2. The van der Waals surface area contributed by atoms with Crippen LogP contribution >= 0.6 is 0 Å². The fourth-order valence-electron chi connectivity index (χ4n) is 4.07. The van der Waals surface area contributed by atoms with E-state index >= 15 is 0 Å². The molecule has 2 atom stereocenters. The van der Waals surface area contributed by atoms with Crippen molar-refractivity contribution in [3.05, 3.63) is 29.8 Å². The normalized spacial score (nSPS) is 26.5. The lowest BCUT2D eigenvalue weighted by Crippen LogP contribution is -2.56. The summed E-state index contributed by atoms with van der Waals surface area (Å²) in [5.41, 5.74) is 0.411. The number of para-hydroxylation sites is 1. The predicted octanol–water partition coefficient (Wildman–Crippen LogP) is 2.89. The minimum absolute atomic E-state index is 0.0284. The molecular weight excluding hydrogens is 304 g/mol. The quantitative estimate of drug-likeness (QED) is 0.795. The molecule has 0 saturated heterocycles. The van der Waals surface area contributed by atoms with E-state index < -0.39 is 5.54 Å². The van der Waals surface area contributed by atoms with Gasteiger partial charge in [-0.25, -0.2) is 4.79 Å². The molecule has 3 N–H and O–H groups in total. The number of aliphatic hydroxyl groups excluding tert-OH is 1. The monoisotopic (exact) mass is 330 g/mol. The molecular formula is C19H26N2O3. The standard InChI is InChI=1S/C19H26N2O3/c1-18(12-22,13-7-8-13)21-17(23)20-15-11-19(9-4-10-19)24-16-6-3-2-5-14(15)16/h2-3,5-6,13,15,22H,4,7-12H2,1H3,(H2,20,21,23)/t15-,18-/m1/s1. The van der Waals surface area contributed by atoms with Crippen LogP contribution in [0, 0.1) is 5.92 Å². The van der Waals surface area contributed by atoms with Crippen molar-refractivity contribution in [2.45, 2.75) is 62.6 Å². The summed E-state index contributed by atoms with van der Waals surface area (Å²) in [7, 11) is 0. The molecule has 0 bridgehead atoms. The number of fused-ring (bicyclic) bond motifs is 1. The third-order valence-corrected chi connectivity index (χ3v) is 5.97. The van der Waals surface area contributed by atoms with Crippen molar-refractivity contribution in [3.8, 4) is 5.75 Å². The van der Waals surface area contributed by atoms with Crippen LogP contribution in [0.15, 0.2) is 24.3 Å². The van der Waals surface area contributed by atoms with Gasteiger partial charge in [-0.2, -0.15) is 0 Å². The number of carbonyl (C=O) groups excluding carboxylic acids is 1. The smallest absolute Gasteiger partial charge is 0.315 e. The molecule has 0 unspecified atom stereocenters. The van der Waals surface area contributed by atoms with E-state index in [1.165, 1.54) is 6.42 Å². The molecule has 130 valence electrons. The van der Waals surface area contributed by atoms with E-state index in [1.54, 1.807) is 0 Å². The summed E-state index contributed by atoms with van der Waals surface area (Å²) >= 11 is 0. The van der Waals surface area contributed by atoms with Crippen LogP contribution in [-0.2, 0) is 0 Å². The van der Waals surface area contributed by atoms with Crippen molar-refractivity contribution in [1.29, 1.82) is 0 Å². The molecule has 0 aromatic heterocycles. The molecule has 1 heterocycles. The Balaban J connectivity index is 1.49. The Bertz CT molecular complexity index is 639. The van der Waals surface area contributed by atoms with Crippen LogP contribution < -0.4 is 15.4 Å². The number of ether oxygens (including phenoxy) is 1. The van der Waals surface area contributed by atoms with Crippen molar-refractivity contribution in [2.24, 2.45) is 5.92 Å². The van der Waals surface area contributed by atoms with Crippen molar-refractivity contribution in [1.82, 2.24) is 10.6 Å². The summed E-state index contributed by atoms with van der Waals surface area (Å²) in [4.78, 5) is 12.6. The Morgan fingerprint density at radius 2 is 2.12 bits per heavy atom. The minimum atomic E-state index is -0.525. The van der Waals surface area contributed by atoms with Crippen LogP contribution in [-0.4, -0.2) is 28.9 Å². The number of aliphatic hydroxyl groups is 1. The number of benzene rings is 1. The van der Waals surface area contributed by atoms with E-state index in [1.807, 2.05) is 31.2 Å². The summed E-state index contributed by atoms with van der Waals surface area (Å²) in [6.07, 6.45) is 6.25. The highest BCUT2D eigenvalue weighted by Gasteiger charge is 2.47. The maximum atomic E-state index is 12.6. The Labute approximate surface area is 142 Å². The molecule has 3 aliphatic rings. The molecule has 24 heavy (non-hydrogen) atoms. The number of amides is 2. The first-order valence-electron chi connectivity index (χ1n) is 9.01. The summed E-state index contributed by atoms with van der Waals surface area (Å²) < 4.78 is 6.23. The van der Waals surface area contributed by atoms with Gasteiger partial charge >= 0.3 is 6.03 Å². The fourth-order valence-corrected chi connectivity index (χ4v) is 4.07. The number of nitrogens with one attached hydrogen (secondary N) is 2. The largest absolute Gasteiger partial charge is 0.487 e. The van der Waals surface area contributed by atoms with E-state index in [2.05, 4.69) is 10.6 Å². The van der Waals surface area contributed by atoms with Crippen molar-refractivity contribution in [3.63, 3.8) is 0 Å². The van der Waals surface area contributed by atoms with Crippen molar-refractivity contribution < 1.29 is 14.6 Å². The van der Waals surface area contributed by atoms with E-state index in [4.69, 9.17) is 4.74 Å². The van der Waals surface area contributed by atoms with Crippen LogP contribution in [0.2, 0.25) is 0 Å². The zero-order valence-electron chi connectivity index (χ0n) is 14.2. The van der Waals surface area contributed by atoms with Crippen LogP contribution in [0.25, 0.3) is 0 Å². The van der Waals surface area contributed by atoms with Crippen LogP contribution in [0.1, 0.15) is 57.1 Å². The molecule has 2 aliphatic carbocycles. The lowest BCUT2D eigenvalue weighted by atomic mass is 9.73. The van der Waals surface area contributed by atoms with Gasteiger partial charge in [-0.05, 0) is 51.0 Å². The van der Waals surface area contributed by atoms with Gasteiger partial charge in [-0.1, -0.05) is 18.2 Å². The van der Waals surface area contributed by atoms with Gasteiger partial charge in [0.2, 0.25) is 0 Å². The van der Waals surface area contributed by atoms with Crippen molar-refractivity contribution >= 4 is 6.03 Å². The second-order valence-corrected chi connectivity index (χ2v) is 7.88. The number of hydrogen-bond donors (Lipinski definition) is 3. The Morgan fingerprint density at radius 3 is 2.75 bits per heavy atom. The summed E-state index contributed by atoms with van der Waals surface area (Å²) in [6.45, 7) is 1.90. The summed E-state index contributed by atoms with van der Waals surface area (Å²) in [6, 6.07) is 7.73. The zero-order chi connectivity index (χ0) is 16.8. The van der Waals surface area contributed by atoms with E-state index in [0.717, 1.165) is 43.4 Å². The Kier molecular flexibility index (Phi) is 3.71. The van der Waals surface area contributed by atoms with Gasteiger partial charge in [0, 0.05) is 12.0 Å². The molecule has 1 aliphatic heterocycles. The molecule has 0 radical (unpaired) electrons. The fraction of sp³-hybridized carbons (Fsp3) is 0.632. The molecule has 5 heteroatoms. The lowest BCUT2D eigenvalue weighted by Gasteiger charge is -2.48. The third-order valence-electron chi connectivity index (χ3n) is 5.97. The highest BCUT2D eigenvalue weighted by atomic mass is 16.5. The van der Waals surface area contributed by atoms with Crippen LogP contribution in [0.4, 0.5) is 4.79 Å². The predicted molar refractivity (Wildman–Crippen MR) is 90.9 cm³/mol. The van der Waals surface area contributed by atoms with Gasteiger partial charge in [0.1, 0.15) is 11.4 Å². The summed E-state index contributed by atoms with van der Waals surface area (Å²) in [5.74, 6) is 1.27. The highest BCUT2D eigenvalue weighted by molar-refractivity contribution is 5.75. The van der Waals surface area contributed by atoms with Gasteiger partial charge < -0.3 is 20.5 Å². The van der Waals surface area contributed by atoms with Crippen molar-refractivity contribution in [2.75, 3.05) is 6.61 Å². The highest BCUT2D eigenvalue weighted by Crippen LogP contribution is 2.48. The molecule has 2 saturated carbocycles. The second kappa shape index (κ2) is 5.66. The molecule has 1 aromatic carbocycles. The minimum Gasteiger partial charge on any atom is -0.487 e. The SMILES string of the molecule is C[C@](CO)(NC(=O)N[C@@H]1CC2(CCC2)Oc2ccccc21)C1CC1. The van der Waals surface area contributed by atoms with Crippen LogP contribution in [0.5, 0.6) is 5.75 Å². The molecule has 4 rings (SSSR count). The number of carbonyl (C=O) groups is 1. The Hall–Kier alpha value is -1.75. The molecule has 2 amide bonds. The van der Waals surface area contributed by atoms with Gasteiger partial charge in [-0.15, -0.1) is 0 Å². The maximum absolute atomic E-state index is 12.6. The van der Waals surface area contributed by atoms with E-state index in [9.17, 15) is 9.90 Å². The molecule has 2 fully saturated rings. The average Bonchev–Trinajstić information content (AvgIpc) is 3.38. The summed E-state index contributed by atoms with van der Waals surface area (Å²) in [5, 5.41) is 15.8. The molecule has 5 nitrogen and oxygen atoms in total. The van der Waals surface area contributed by atoms with Gasteiger partial charge in [-0.3, -0.25) is 0 Å². The second-order valence-electron chi connectivity index (χ2n) is 7.88. The first kappa shape index (κ1) is 15.8. The Morgan fingerprint density at radius 1 is 1.38 bits per heavy atom. The molecule has 1 spiro atoms. The topological polar surface area (TPSA) is 70.6 Å². The van der Waals surface area contributed by atoms with Gasteiger partial charge in [0.25, 0.3) is 0 Å². The van der Waals surface area contributed by atoms with Gasteiger partial charge in [0.15, 0.2) is 0 Å². The van der Waals surface area contributed by atoms with Crippen LogP contribution in [0.3, 0.4) is 0 Å². The number of hydrogen-bond acceptors (Lipinski definition) is 3.